The van der Waals surface area contributed by atoms with Crippen LogP contribution in [-0.2, 0) is 11.2 Å². The van der Waals surface area contributed by atoms with E-state index in [0.29, 0.717) is 11.6 Å². The summed E-state index contributed by atoms with van der Waals surface area (Å²) in [6.07, 6.45) is 1.34. The Bertz CT molecular complexity index is 676. The molecule has 0 spiro atoms. The number of nitrogens with zero attached hydrogens (tertiary/aromatic N) is 1. The summed E-state index contributed by atoms with van der Waals surface area (Å²) in [6.45, 7) is 4.06. The van der Waals surface area contributed by atoms with Crippen molar-refractivity contribution in [3.05, 3.63) is 28.1 Å². The Morgan fingerprint density at radius 2 is 2.11 bits per heavy atom. The van der Waals surface area contributed by atoms with Gasteiger partial charge in [0, 0.05) is 16.9 Å². The van der Waals surface area contributed by atoms with Crippen LogP contribution in [0, 0.1) is 13.8 Å². The van der Waals surface area contributed by atoms with Gasteiger partial charge in [0.1, 0.15) is 0 Å². The molecule has 0 unspecified atom stereocenters. The fourth-order valence-corrected chi connectivity index (χ4v) is 3.21. The molecule has 2 heterocycles. The molecule has 98 valence electrons. The predicted molar refractivity (Wildman–Crippen MR) is 78.4 cm³/mol. The first-order chi connectivity index (χ1) is 9.04. The third kappa shape index (κ3) is 2.10. The predicted octanol–water partition coefficient (Wildman–Crippen LogP) is 2.89. The van der Waals surface area contributed by atoms with Crippen molar-refractivity contribution in [2.45, 2.75) is 26.7 Å². The lowest BCUT2D eigenvalue weighted by atomic mass is 9.95. The van der Waals surface area contributed by atoms with Crippen LogP contribution in [0.2, 0.25) is 0 Å². The maximum absolute atomic E-state index is 11.6. The minimum Gasteiger partial charge on any atom is -0.375 e. The molecule has 3 rings (SSSR count). The third-order valence-electron chi connectivity index (χ3n) is 3.32. The van der Waals surface area contributed by atoms with Crippen molar-refractivity contribution in [3.63, 3.8) is 0 Å². The molecule has 19 heavy (non-hydrogen) atoms. The Kier molecular flexibility index (Phi) is 2.78. The second-order valence-corrected chi connectivity index (χ2v) is 6.09. The number of nitrogens with one attached hydrogen (secondary N) is 1. The Balaban J connectivity index is 2.23. The van der Waals surface area contributed by atoms with Crippen LogP contribution in [0.15, 0.2) is 12.1 Å². The summed E-state index contributed by atoms with van der Waals surface area (Å²) in [4.78, 5) is 17.1. The van der Waals surface area contributed by atoms with Gasteiger partial charge in [-0.05, 0) is 31.9 Å². The van der Waals surface area contributed by atoms with E-state index in [2.05, 4.69) is 29.4 Å². The number of nitrogen functional groups attached to an aromatic ring is 1. The van der Waals surface area contributed by atoms with Gasteiger partial charge in [-0.25, -0.2) is 4.98 Å². The number of thiazole rings is 1. The molecule has 1 aliphatic heterocycles. The first-order valence-corrected chi connectivity index (χ1v) is 7.03. The second-order valence-electron chi connectivity index (χ2n) is 4.85. The molecular weight excluding hydrogens is 258 g/mol. The van der Waals surface area contributed by atoms with Gasteiger partial charge < -0.3 is 11.1 Å². The Hall–Kier alpha value is -1.88. The van der Waals surface area contributed by atoms with Gasteiger partial charge in [-0.15, -0.1) is 11.3 Å². The molecule has 3 N–H and O–H groups in total. The van der Waals surface area contributed by atoms with Crippen molar-refractivity contribution in [2.75, 3.05) is 11.1 Å². The number of hydrogen-bond acceptors (Lipinski definition) is 4. The highest BCUT2D eigenvalue weighted by molar-refractivity contribution is 7.15. The van der Waals surface area contributed by atoms with Gasteiger partial charge in [-0.2, -0.15) is 0 Å². The molecule has 0 aliphatic carbocycles. The standard InChI is InChI=1S/C14H15N3OS/c1-7-5-9-3-4-11(18)16-13(9)10(6-7)12-8(2)19-14(15)17-12/h5-6H,3-4H2,1-2H3,(H2,15,17)(H,16,18). The van der Waals surface area contributed by atoms with Crippen molar-refractivity contribution in [1.82, 2.24) is 4.98 Å². The summed E-state index contributed by atoms with van der Waals surface area (Å²) < 4.78 is 0. The van der Waals surface area contributed by atoms with Crippen molar-refractivity contribution in [1.29, 1.82) is 0 Å². The SMILES string of the molecule is Cc1cc2c(c(-c3nc(N)sc3C)c1)NC(=O)CC2. The Labute approximate surface area is 115 Å². The highest BCUT2D eigenvalue weighted by Crippen LogP contribution is 2.38. The number of aryl methyl sites for hydroxylation is 3. The molecule has 0 fully saturated rings. The monoisotopic (exact) mass is 273 g/mol. The zero-order chi connectivity index (χ0) is 13.6. The van der Waals surface area contributed by atoms with Gasteiger partial charge in [0.2, 0.25) is 5.91 Å². The minimum atomic E-state index is 0.0680. The molecule has 1 aromatic heterocycles. The smallest absolute Gasteiger partial charge is 0.224 e. The van der Waals surface area contributed by atoms with Gasteiger partial charge >= 0.3 is 0 Å². The van der Waals surface area contributed by atoms with E-state index in [9.17, 15) is 4.79 Å². The van der Waals surface area contributed by atoms with Gasteiger partial charge in [0.15, 0.2) is 5.13 Å². The van der Waals surface area contributed by atoms with Crippen molar-refractivity contribution >= 4 is 28.1 Å². The number of hydrogen-bond donors (Lipinski definition) is 2. The van der Waals surface area contributed by atoms with E-state index >= 15 is 0 Å². The molecular formula is C14H15N3OS. The second kappa shape index (κ2) is 4.35. The van der Waals surface area contributed by atoms with Crippen molar-refractivity contribution in [3.8, 4) is 11.3 Å². The van der Waals surface area contributed by atoms with Crippen LogP contribution >= 0.6 is 11.3 Å². The number of aromatic nitrogens is 1. The van der Waals surface area contributed by atoms with Crippen LogP contribution in [0.25, 0.3) is 11.3 Å². The molecule has 2 aromatic rings. The zero-order valence-electron chi connectivity index (χ0n) is 10.9. The van der Waals surface area contributed by atoms with E-state index in [0.717, 1.165) is 28.2 Å². The summed E-state index contributed by atoms with van der Waals surface area (Å²) in [5.74, 6) is 0.0680. The average molecular weight is 273 g/mol. The van der Waals surface area contributed by atoms with E-state index in [-0.39, 0.29) is 5.91 Å². The fraction of sp³-hybridized carbons (Fsp3) is 0.286. The number of rotatable bonds is 1. The molecule has 5 heteroatoms. The Morgan fingerprint density at radius 3 is 2.79 bits per heavy atom. The fourth-order valence-electron chi connectivity index (χ4n) is 2.51. The number of carbonyl (C=O) groups excluding carboxylic acids is 1. The first kappa shape index (κ1) is 12.2. The van der Waals surface area contributed by atoms with Crippen LogP contribution in [0.3, 0.4) is 0 Å². The zero-order valence-corrected chi connectivity index (χ0v) is 11.7. The highest BCUT2D eigenvalue weighted by atomic mass is 32.1. The van der Waals surface area contributed by atoms with Crippen molar-refractivity contribution < 1.29 is 4.79 Å². The number of anilines is 2. The number of benzene rings is 1. The summed E-state index contributed by atoms with van der Waals surface area (Å²) in [7, 11) is 0. The lowest BCUT2D eigenvalue weighted by Crippen LogP contribution is -2.20. The quantitative estimate of drug-likeness (QED) is 0.839. The van der Waals surface area contributed by atoms with Crippen LogP contribution < -0.4 is 11.1 Å². The van der Waals surface area contributed by atoms with Crippen LogP contribution in [0.5, 0.6) is 0 Å². The largest absolute Gasteiger partial charge is 0.375 e. The van der Waals surface area contributed by atoms with Gasteiger partial charge in [0.25, 0.3) is 0 Å². The van der Waals surface area contributed by atoms with E-state index < -0.39 is 0 Å². The highest BCUT2D eigenvalue weighted by Gasteiger charge is 2.21. The molecule has 0 saturated carbocycles. The molecule has 4 nitrogen and oxygen atoms in total. The number of carbonyl (C=O) groups is 1. The lowest BCUT2D eigenvalue weighted by Gasteiger charge is -2.20. The molecule has 0 saturated heterocycles. The van der Waals surface area contributed by atoms with E-state index in [1.807, 2.05) is 6.92 Å². The third-order valence-corrected chi connectivity index (χ3v) is 4.12. The average Bonchev–Trinajstić information content (AvgIpc) is 2.68. The topological polar surface area (TPSA) is 68.0 Å². The summed E-state index contributed by atoms with van der Waals surface area (Å²) in [6, 6.07) is 4.19. The Morgan fingerprint density at radius 1 is 1.32 bits per heavy atom. The molecule has 0 atom stereocenters. The van der Waals surface area contributed by atoms with E-state index in [1.165, 1.54) is 22.5 Å². The molecule has 1 amide bonds. The van der Waals surface area contributed by atoms with Crippen LogP contribution in [-0.4, -0.2) is 10.9 Å². The van der Waals surface area contributed by atoms with E-state index in [4.69, 9.17) is 5.73 Å². The molecule has 0 radical (unpaired) electrons. The summed E-state index contributed by atoms with van der Waals surface area (Å²) in [5.41, 5.74) is 10.9. The van der Waals surface area contributed by atoms with Gasteiger partial charge in [-0.1, -0.05) is 11.6 Å². The number of amides is 1. The van der Waals surface area contributed by atoms with E-state index in [1.54, 1.807) is 0 Å². The lowest BCUT2D eigenvalue weighted by molar-refractivity contribution is -0.116. The number of fused-ring (bicyclic) bond motifs is 1. The summed E-state index contributed by atoms with van der Waals surface area (Å²) >= 11 is 1.48. The molecule has 0 bridgehead atoms. The van der Waals surface area contributed by atoms with Crippen molar-refractivity contribution in [2.24, 2.45) is 0 Å². The maximum Gasteiger partial charge on any atom is 0.224 e. The van der Waals surface area contributed by atoms with Crippen LogP contribution in [0.1, 0.15) is 22.4 Å². The van der Waals surface area contributed by atoms with Gasteiger partial charge in [-0.3, -0.25) is 4.79 Å². The normalized spacial score (nSPS) is 14.1. The van der Waals surface area contributed by atoms with Crippen LogP contribution in [0.4, 0.5) is 10.8 Å². The first-order valence-electron chi connectivity index (χ1n) is 6.21. The summed E-state index contributed by atoms with van der Waals surface area (Å²) in [5, 5.41) is 3.54. The molecule has 1 aromatic carbocycles. The number of nitrogens with two attached hydrogens (primary N) is 1. The van der Waals surface area contributed by atoms with Gasteiger partial charge in [0.05, 0.1) is 11.4 Å². The molecule has 1 aliphatic rings. The maximum atomic E-state index is 11.6. The minimum absolute atomic E-state index is 0.0680.